The first-order chi connectivity index (χ1) is 15.0. The number of methoxy groups -OCH3 is 1. The molecule has 31 heavy (non-hydrogen) atoms. The lowest BCUT2D eigenvalue weighted by Gasteiger charge is -2.08. The van der Waals surface area contributed by atoms with E-state index in [0.29, 0.717) is 18.7 Å². The van der Waals surface area contributed by atoms with Gasteiger partial charge in [0.25, 0.3) is 0 Å². The van der Waals surface area contributed by atoms with Gasteiger partial charge >= 0.3 is 0 Å². The smallest absolute Gasteiger partial charge is 0.248 e. The molecule has 0 unspecified atom stereocenters. The molecule has 0 saturated heterocycles. The van der Waals surface area contributed by atoms with Crippen molar-refractivity contribution < 1.29 is 17.9 Å². The van der Waals surface area contributed by atoms with Crippen LogP contribution in [-0.2, 0) is 21.2 Å². The molecule has 3 aromatic carbocycles. The van der Waals surface area contributed by atoms with Crippen molar-refractivity contribution >= 4 is 27.7 Å². The quantitative estimate of drug-likeness (QED) is 0.499. The molecule has 0 aromatic heterocycles. The number of carbonyl (C=O) groups is 1. The van der Waals surface area contributed by atoms with Gasteiger partial charge in [0.05, 0.1) is 12.0 Å². The van der Waals surface area contributed by atoms with Crippen molar-refractivity contribution in [3.8, 4) is 5.75 Å². The third-order valence-corrected chi connectivity index (χ3v) is 6.00. The van der Waals surface area contributed by atoms with E-state index in [9.17, 15) is 13.2 Å². The van der Waals surface area contributed by atoms with Gasteiger partial charge in [0, 0.05) is 18.3 Å². The molecule has 160 valence electrons. The molecule has 0 bridgehead atoms. The van der Waals surface area contributed by atoms with Crippen LogP contribution in [-0.4, -0.2) is 28.0 Å². The van der Waals surface area contributed by atoms with Gasteiger partial charge in [-0.15, -0.1) is 0 Å². The van der Waals surface area contributed by atoms with Crippen LogP contribution in [0.3, 0.4) is 0 Å². The number of benzene rings is 3. The maximum Gasteiger partial charge on any atom is 0.248 e. The molecule has 0 aliphatic heterocycles. The second-order valence-corrected chi connectivity index (χ2v) is 8.52. The molecular formula is C24H24N2O4S. The maximum absolute atomic E-state index is 12.4. The summed E-state index contributed by atoms with van der Waals surface area (Å²) < 4.78 is 32.6. The Kier molecular flexibility index (Phi) is 7.59. The van der Waals surface area contributed by atoms with E-state index in [1.165, 1.54) is 18.2 Å². The predicted octanol–water partition coefficient (Wildman–Crippen LogP) is 3.87. The summed E-state index contributed by atoms with van der Waals surface area (Å²) in [7, 11) is -2.02. The molecule has 0 aliphatic carbocycles. The van der Waals surface area contributed by atoms with E-state index in [1.54, 1.807) is 25.3 Å². The third kappa shape index (κ3) is 6.80. The number of ether oxygens (including phenoxy) is 1. The van der Waals surface area contributed by atoms with Crippen LogP contribution < -0.4 is 14.8 Å². The van der Waals surface area contributed by atoms with E-state index in [1.807, 2.05) is 54.6 Å². The number of sulfonamides is 1. The first kappa shape index (κ1) is 22.3. The molecule has 0 aliphatic rings. The van der Waals surface area contributed by atoms with Crippen molar-refractivity contribution in [3.05, 3.63) is 96.1 Å². The predicted molar refractivity (Wildman–Crippen MR) is 122 cm³/mol. The third-order valence-electron chi connectivity index (χ3n) is 4.52. The normalized spacial score (nSPS) is 11.4. The first-order valence-electron chi connectivity index (χ1n) is 9.73. The molecule has 0 spiro atoms. The number of hydrogen-bond acceptors (Lipinski definition) is 4. The summed E-state index contributed by atoms with van der Waals surface area (Å²) in [5, 5.41) is 2.71. The molecular weight excluding hydrogens is 412 g/mol. The molecule has 0 fully saturated rings. The zero-order chi connectivity index (χ0) is 22.1. The fourth-order valence-corrected chi connectivity index (χ4v) is 3.88. The van der Waals surface area contributed by atoms with Gasteiger partial charge in [-0.05, 0) is 60.0 Å². The Balaban J connectivity index is 1.53. The van der Waals surface area contributed by atoms with Gasteiger partial charge in [0.1, 0.15) is 5.75 Å². The Bertz CT molecular complexity index is 1120. The fraction of sp³-hybridized carbons (Fsp3) is 0.125. The number of carbonyl (C=O) groups excluding carboxylic acids is 1. The van der Waals surface area contributed by atoms with Gasteiger partial charge < -0.3 is 10.1 Å². The highest BCUT2D eigenvalue weighted by Gasteiger charge is 2.13. The number of rotatable bonds is 9. The lowest BCUT2D eigenvalue weighted by molar-refractivity contribution is -0.111. The molecule has 1 amide bonds. The van der Waals surface area contributed by atoms with Crippen LogP contribution in [0.2, 0.25) is 0 Å². The minimum Gasteiger partial charge on any atom is -0.497 e. The van der Waals surface area contributed by atoms with Gasteiger partial charge in [-0.25, -0.2) is 13.1 Å². The van der Waals surface area contributed by atoms with Gasteiger partial charge in [-0.2, -0.15) is 0 Å². The summed E-state index contributed by atoms with van der Waals surface area (Å²) in [6.07, 6.45) is 3.70. The van der Waals surface area contributed by atoms with E-state index in [4.69, 9.17) is 4.74 Å². The SMILES string of the molecule is COc1ccc(C=CC(=O)Nc2ccc(S(=O)(=O)NCCc3ccccc3)cc2)cc1. The van der Waals surface area contributed by atoms with Gasteiger partial charge in [0.15, 0.2) is 0 Å². The molecule has 3 rings (SSSR count). The van der Waals surface area contributed by atoms with E-state index in [2.05, 4.69) is 10.0 Å². The van der Waals surface area contributed by atoms with Crippen LogP contribution in [0.25, 0.3) is 6.08 Å². The van der Waals surface area contributed by atoms with Crippen molar-refractivity contribution in [3.63, 3.8) is 0 Å². The maximum atomic E-state index is 12.4. The lowest BCUT2D eigenvalue weighted by Crippen LogP contribution is -2.26. The van der Waals surface area contributed by atoms with Crippen LogP contribution in [0.1, 0.15) is 11.1 Å². The highest BCUT2D eigenvalue weighted by Crippen LogP contribution is 2.15. The molecule has 7 heteroatoms. The first-order valence-corrected chi connectivity index (χ1v) is 11.2. The summed E-state index contributed by atoms with van der Waals surface area (Å²) in [6.45, 7) is 0.307. The Labute approximate surface area is 182 Å². The second kappa shape index (κ2) is 10.6. The molecule has 6 nitrogen and oxygen atoms in total. The number of anilines is 1. The summed E-state index contributed by atoms with van der Waals surface area (Å²) in [6, 6.07) is 23.0. The van der Waals surface area contributed by atoms with E-state index < -0.39 is 10.0 Å². The average Bonchev–Trinajstić information content (AvgIpc) is 2.79. The molecule has 2 N–H and O–H groups in total. The molecule has 0 atom stereocenters. The number of amides is 1. The Morgan fingerprint density at radius 2 is 1.61 bits per heavy atom. The van der Waals surface area contributed by atoms with Crippen molar-refractivity contribution in [2.75, 3.05) is 19.0 Å². The van der Waals surface area contributed by atoms with Gasteiger partial charge in [0.2, 0.25) is 15.9 Å². The lowest BCUT2D eigenvalue weighted by atomic mass is 10.2. The Hall–Kier alpha value is -3.42. The standard InChI is InChI=1S/C24H24N2O4S/c1-30-22-12-7-20(8-13-22)9-16-24(27)26-21-10-14-23(15-11-21)31(28,29)25-18-17-19-5-3-2-4-6-19/h2-16,25H,17-18H2,1H3,(H,26,27). The average molecular weight is 437 g/mol. The summed E-state index contributed by atoms with van der Waals surface area (Å²) in [5.41, 5.74) is 2.43. The van der Waals surface area contributed by atoms with Crippen LogP contribution >= 0.6 is 0 Å². The van der Waals surface area contributed by atoms with Crippen molar-refractivity contribution in [2.45, 2.75) is 11.3 Å². The van der Waals surface area contributed by atoms with Crippen molar-refractivity contribution in [1.82, 2.24) is 4.72 Å². The summed E-state index contributed by atoms with van der Waals surface area (Å²) >= 11 is 0. The van der Waals surface area contributed by atoms with Crippen LogP contribution in [0, 0.1) is 0 Å². The summed E-state index contributed by atoms with van der Waals surface area (Å²) in [4.78, 5) is 12.3. The number of nitrogens with one attached hydrogen (secondary N) is 2. The van der Waals surface area contributed by atoms with Gasteiger partial charge in [-0.3, -0.25) is 4.79 Å². The minimum atomic E-state index is -3.61. The highest BCUT2D eigenvalue weighted by atomic mass is 32.2. The van der Waals surface area contributed by atoms with Gasteiger partial charge in [-0.1, -0.05) is 42.5 Å². The molecule has 0 radical (unpaired) electrons. The van der Waals surface area contributed by atoms with Crippen molar-refractivity contribution in [1.29, 1.82) is 0 Å². The largest absolute Gasteiger partial charge is 0.497 e. The molecule has 3 aromatic rings. The van der Waals surface area contributed by atoms with Crippen LogP contribution in [0.5, 0.6) is 5.75 Å². The molecule has 0 heterocycles. The topological polar surface area (TPSA) is 84.5 Å². The zero-order valence-corrected chi connectivity index (χ0v) is 17.9. The van der Waals surface area contributed by atoms with Crippen LogP contribution in [0.4, 0.5) is 5.69 Å². The Morgan fingerprint density at radius 3 is 2.26 bits per heavy atom. The van der Waals surface area contributed by atoms with E-state index in [-0.39, 0.29) is 10.8 Å². The monoisotopic (exact) mass is 436 g/mol. The fourth-order valence-electron chi connectivity index (χ4n) is 2.85. The van der Waals surface area contributed by atoms with Crippen molar-refractivity contribution in [2.24, 2.45) is 0 Å². The van der Waals surface area contributed by atoms with E-state index >= 15 is 0 Å². The van der Waals surface area contributed by atoms with E-state index in [0.717, 1.165) is 16.9 Å². The summed E-state index contributed by atoms with van der Waals surface area (Å²) in [5.74, 6) is 0.429. The molecule has 0 saturated carbocycles. The van der Waals surface area contributed by atoms with Crippen LogP contribution in [0.15, 0.2) is 89.8 Å². The Morgan fingerprint density at radius 1 is 0.935 bits per heavy atom. The minimum absolute atomic E-state index is 0.146. The number of hydrogen-bond donors (Lipinski definition) is 2. The second-order valence-electron chi connectivity index (χ2n) is 6.75. The highest BCUT2D eigenvalue weighted by molar-refractivity contribution is 7.89. The zero-order valence-electron chi connectivity index (χ0n) is 17.1.